The molecule has 0 amide bonds. The Morgan fingerprint density at radius 1 is 1.00 bits per heavy atom. The van der Waals surface area contributed by atoms with Gasteiger partial charge in [0.05, 0.1) is 0 Å². The number of unbranched alkanes of at least 4 members (excludes halogenated alkanes) is 1. The van der Waals surface area contributed by atoms with E-state index in [1.54, 1.807) is 6.82 Å². The first-order valence-electron chi connectivity index (χ1n) is 8.22. The summed E-state index contributed by atoms with van der Waals surface area (Å²) in [5, 5.41) is 13.1. The molecule has 0 unspecified atom stereocenters. The molecule has 0 saturated heterocycles. The van der Waals surface area contributed by atoms with Crippen molar-refractivity contribution in [2.45, 2.75) is 32.5 Å². The number of rotatable bonds is 16. The Labute approximate surface area is 140 Å². The zero-order chi connectivity index (χ0) is 17.2. The van der Waals surface area contributed by atoms with Crippen LogP contribution in [0.5, 0.6) is 0 Å². The molecule has 2 N–H and O–H groups in total. The van der Waals surface area contributed by atoms with Crippen LogP contribution in [-0.2, 0) is 9.41 Å². The Morgan fingerprint density at radius 3 is 2.17 bits per heavy atom. The fourth-order valence-corrected chi connectivity index (χ4v) is 2.07. The summed E-state index contributed by atoms with van der Waals surface area (Å²) >= 11 is 0. The van der Waals surface area contributed by atoms with Crippen LogP contribution in [-0.4, -0.2) is 82.7 Å². The first-order chi connectivity index (χ1) is 11.2. The van der Waals surface area contributed by atoms with Crippen LogP contribution >= 0.6 is 0 Å². The maximum absolute atomic E-state index is 10.1. The maximum atomic E-state index is 10.1. The third-order valence-electron chi connectivity index (χ3n) is 3.28. The van der Waals surface area contributed by atoms with Crippen LogP contribution in [0.2, 0.25) is 6.82 Å². The molecule has 126 valence electrons. The standard InChI is InChI=1S/C13H27B3N4O3/c1-16(23)20(11-5-9-19-13-15-22)10-3-2-6-17-7-4-8-18-12-14-21/h12-13,17,23H,2-11H2,1H3. The van der Waals surface area contributed by atoms with E-state index < -0.39 is 7.05 Å². The quantitative estimate of drug-likeness (QED) is 0.231. The third-order valence-corrected chi connectivity index (χ3v) is 3.28. The summed E-state index contributed by atoms with van der Waals surface area (Å²) < 4.78 is 20.1. The van der Waals surface area contributed by atoms with Crippen LogP contribution in [0.3, 0.4) is 0 Å². The molecule has 0 saturated carbocycles. The van der Waals surface area contributed by atoms with E-state index in [0.29, 0.717) is 27.4 Å². The average molecular weight is 320 g/mol. The predicted molar refractivity (Wildman–Crippen MR) is 96.3 cm³/mol. The summed E-state index contributed by atoms with van der Waals surface area (Å²) in [6.45, 7) is 6.51. The van der Waals surface area contributed by atoms with E-state index in [1.165, 1.54) is 12.2 Å². The minimum atomic E-state index is -0.464. The van der Waals surface area contributed by atoms with Gasteiger partial charge in [0.1, 0.15) is 0 Å². The minimum absolute atomic E-state index is 0.464. The van der Waals surface area contributed by atoms with Crippen LogP contribution in [0.1, 0.15) is 25.7 Å². The average Bonchev–Trinajstić information content (AvgIpc) is 2.54. The van der Waals surface area contributed by atoms with E-state index in [-0.39, 0.29) is 0 Å². The molecule has 0 aromatic rings. The van der Waals surface area contributed by atoms with Crippen molar-refractivity contribution in [1.82, 2.24) is 10.1 Å². The number of aliphatic imine (C=N–C) groups is 2. The van der Waals surface area contributed by atoms with Crippen molar-refractivity contribution in [3.05, 3.63) is 0 Å². The monoisotopic (exact) mass is 320 g/mol. The van der Waals surface area contributed by atoms with Gasteiger partial charge in [-0.25, -0.2) is 0 Å². The van der Waals surface area contributed by atoms with E-state index in [4.69, 9.17) is 0 Å². The first kappa shape index (κ1) is 22.0. The molecular formula is C13H27B3N4O3. The van der Waals surface area contributed by atoms with Crippen LogP contribution < -0.4 is 5.32 Å². The van der Waals surface area contributed by atoms with Gasteiger partial charge in [-0.05, 0) is 0 Å². The van der Waals surface area contributed by atoms with Crippen LogP contribution in [0, 0.1) is 0 Å². The fraction of sp³-hybridized carbons (Fsp3) is 0.846. The molecule has 23 heavy (non-hydrogen) atoms. The Kier molecular flexibility index (Phi) is 16.6. The molecule has 0 fully saturated rings. The summed E-state index contributed by atoms with van der Waals surface area (Å²) in [6, 6.07) is 0. The second-order valence-corrected chi connectivity index (χ2v) is 5.21. The molecule has 0 aliphatic heterocycles. The Morgan fingerprint density at radius 2 is 1.57 bits per heavy atom. The van der Waals surface area contributed by atoms with E-state index in [2.05, 4.69) is 15.3 Å². The van der Waals surface area contributed by atoms with Gasteiger partial charge in [0.2, 0.25) is 0 Å². The zero-order valence-electron chi connectivity index (χ0n) is 14.1. The number of hydrogen-bond donors (Lipinski definition) is 2. The van der Waals surface area contributed by atoms with Gasteiger partial charge in [-0.1, -0.05) is 0 Å². The van der Waals surface area contributed by atoms with Crippen molar-refractivity contribution in [3.8, 4) is 0 Å². The summed E-state index contributed by atoms with van der Waals surface area (Å²) in [6.07, 6.45) is 6.36. The second-order valence-electron chi connectivity index (χ2n) is 5.21. The van der Waals surface area contributed by atoms with E-state index in [9.17, 15) is 14.4 Å². The summed E-state index contributed by atoms with van der Waals surface area (Å²) in [5.41, 5.74) is 0. The van der Waals surface area contributed by atoms with Crippen molar-refractivity contribution in [3.63, 3.8) is 0 Å². The summed E-state index contributed by atoms with van der Waals surface area (Å²) in [5.74, 6) is 0. The molecule has 0 radical (unpaired) electrons. The van der Waals surface area contributed by atoms with Crippen molar-refractivity contribution in [1.29, 1.82) is 0 Å². The van der Waals surface area contributed by atoms with Gasteiger partial charge in [-0.2, -0.15) is 0 Å². The molecule has 0 spiro atoms. The molecule has 0 rings (SSSR count). The molecule has 0 heterocycles. The second kappa shape index (κ2) is 17.4. The molecule has 0 aromatic carbocycles. The third kappa shape index (κ3) is 15.7. The van der Waals surface area contributed by atoms with E-state index in [1.807, 2.05) is 4.81 Å². The van der Waals surface area contributed by atoms with Crippen molar-refractivity contribution >= 4 is 33.6 Å². The normalized spacial score (nSPS) is 11.3. The topological polar surface area (TPSA) is 94.4 Å². The van der Waals surface area contributed by atoms with Gasteiger partial charge in [0.15, 0.2) is 0 Å². The number of hydrogen-bond acceptors (Lipinski definition) is 7. The van der Waals surface area contributed by atoms with Crippen molar-refractivity contribution < 1.29 is 14.4 Å². The zero-order valence-corrected chi connectivity index (χ0v) is 14.1. The van der Waals surface area contributed by atoms with Gasteiger partial charge < -0.3 is 0 Å². The van der Waals surface area contributed by atoms with Gasteiger partial charge in [0.25, 0.3) is 0 Å². The molecule has 0 aliphatic rings. The molecule has 10 heteroatoms. The van der Waals surface area contributed by atoms with Gasteiger partial charge in [-0.3, -0.25) is 0 Å². The van der Waals surface area contributed by atoms with E-state index in [0.717, 1.165) is 51.9 Å². The summed E-state index contributed by atoms with van der Waals surface area (Å²) in [7, 11) is 0.901. The van der Waals surface area contributed by atoms with Crippen LogP contribution in [0.15, 0.2) is 9.98 Å². The Bertz CT molecular complexity index is 357. The molecule has 0 aliphatic carbocycles. The number of nitrogens with one attached hydrogen (secondary N) is 1. The van der Waals surface area contributed by atoms with Crippen molar-refractivity contribution in [2.75, 3.05) is 39.3 Å². The molecule has 7 nitrogen and oxygen atoms in total. The Hall–Kier alpha value is -0.985. The van der Waals surface area contributed by atoms with Crippen LogP contribution in [0.25, 0.3) is 0 Å². The van der Waals surface area contributed by atoms with Gasteiger partial charge in [-0.15, -0.1) is 0 Å². The molecule has 0 bridgehead atoms. The van der Waals surface area contributed by atoms with Crippen molar-refractivity contribution in [2.24, 2.45) is 9.98 Å². The first-order valence-corrected chi connectivity index (χ1v) is 8.22. The van der Waals surface area contributed by atoms with Gasteiger partial charge >= 0.3 is 140 Å². The SMILES string of the molecule is CB(O)N(CCCCNCCCN=CB=O)CCCN=CB=O. The molecular weight excluding hydrogens is 293 g/mol. The fourth-order valence-electron chi connectivity index (χ4n) is 2.07. The Balaban J connectivity index is 3.56. The molecule has 0 atom stereocenters. The van der Waals surface area contributed by atoms with Crippen LogP contribution in [0.4, 0.5) is 0 Å². The summed E-state index contributed by atoms with van der Waals surface area (Å²) in [4.78, 5) is 9.87. The van der Waals surface area contributed by atoms with E-state index >= 15 is 0 Å². The number of nitrogens with zero attached hydrogens (tertiary/aromatic N) is 3. The molecule has 0 aromatic heterocycles. The predicted octanol–water partition coefficient (Wildman–Crippen LogP) is -0.295. The van der Waals surface area contributed by atoms with Gasteiger partial charge in [0, 0.05) is 0 Å².